The van der Waals surface area contributed by atoms with Gasteiger partial charge in [-0.2, -0.15) is 13.2 Å². The quantitative estimate of drug-likeness (QED) is 0.899. The second-order valence-electron chi connectivity index (χ2n) is 4.79. The minimum absolute atomic E-state index is 0.112. The van der Waals surface area contributed by atoms with Gasteiger partial charge < -0.3 is 10.2 Å². The van der Waals surface area contributed by atoms with Crippen molar-refractivity contribution in [1.82, 2.24) is 0 Å². The lowest BCUT2D eigenvalue weighted by molar-refractivity contribution is -0.137. The fourth-order valence-electron chi connectivity index (χ4n) is 2.10. The van der Waals surface area contributed by atoms with Gasteiger partial charge in [-0.1, -0.05) is 12.1 Å². The van der Waals surface area contributed by atoms with Gasteiger partial charge in [-0.25, -0.2) is 0 Å². The van der Waals surface area contributed by atoms with Crippen molar-refractivity contribution in [2.45, 2.75) is 24.6 Å². The molecule has 19 heavy (non-hydrogen) atoms. The molecule has 1 aromatic carbocycles. The van der Waals surface area contributed by atoms with E-state index in [1.807, 2.05) is 0 Å². The van der Waals surface area contributed by atoms with Crippen LogP contribution in [0.15, 0.2) is 40.8 Å². The third-order valence-corrected chi connectivity index (χ3v) is 3.31. The van der Waals surface area contributed by atoms with E-state index in [9.17, 15) is 13.2 Å². The van der Waals surface area contributed by atoms with Gasteiger partial charge >= 0.3 is 6.18 Å². The number of alkyl halides is 3. The number of hydrogen-bond acceptors (Lipinski definition) is 2. The molecule has 1 aliphatic rings. The minimum Gasteiger partial charge on any atom is -0.461 e. The first-order chi connectivity index (χ1) is 8.95. The van der Waals surface area contributed by atoms with Crippen LogP contribution in [-0.2, 0) is 6.18 Å². The van der Waals surface area contributed by atoms with Crippen LogP contribution in [0.4, 0.5) is 13.2 Å². The molecule has 5 heteroatoms. The Hall–Kier alpha value is -1.75. The van der Waals surface area contributed by atoms with Gasteiger partial charge in [-0.15, -0.1) is 0 Å². The van der Waals surface area contributed by atoms with Gasteiger partial charge in [0.15, 0.2) is 0 Å². The number of nitrogens with two attached hydrogens (primary N) is 1. The minimum atomic E-state index is -4.34. The molecule has 0 spiro atoms. The van der Waals surface area contributed by atoms with Crippen LogP contribution in [0.25, 0.3) is 11.3 Å². The van der Waals surface area contributed by atoms with Crippen LogP contribution in [0.5, 0.6) is 0 Å². The molecule has 1 aromatic heterocycles. The van der Waals surface area contributed by atoms with Crippen molar-refractivity contribution in [2.75, 3.05) is 0 Å². The molecule has 2 aromatic rings. The molecule has 3 rings (SSSR count). The molecular formula is C14H12F3NO. The van der Waals surface area contributed by atoms with Gasteiger partial charge in [0.1, 0.15) is 11.5 Å². The van der Waals surface area contributed by atoms with E-state index in [1.165, 1.54) is 6.07 Å². The summed E-state index contributed by atoms with van der Waals surface area (Å²) in [7, 11) is 0. The molecule has 0 unspecified atom stereocenters. The number of furan rings is 1. The van der Waals surface area contributed by atoms with E-state index in [0.717, 1.165) is 24.3 Å². The summed E-state index contributed by atoms with van der Waals surface area (Å²) < 4.78 is 43.5. The molecule has 0 aliphatic heterocycles. The molecule has 0 bridgehead atoms. The maximum atomic E-state index is 12.6. The van der Waals surface area contributed by atoms with Crippen LogP contribution in [0.1, 0.15) is 23.7 Å². The molecule has 2 N–H and O–H groups in total. The summed E-state index contributed by atoms with van der Waals surface area (Å²) in [5.41, 5.74) is 5.47. The molecule has 100 valence electrons. The zero-order valence-corrected chi connectivity index (χ0v) is 9.95. The van der Waals surface area contributed by atoms with Gasteiger partial charge in [0.2, 0.25) is 0 Å². The Morgan fingerprint density at radius 1 is 1.16 bits per heavy atom. The number of halogens is 3. The summed E-state index contributed by atoms with van der Waals surface area (Å²) in [5, 5.41) is 0. The second kappa shape index (κ2) is 4.13. The van der Waals surface area contributed by atoms with E-state index in [-0.39, 0.29) is 12.0 Å². The van der Waals surface area contributed by atoms with Crippen LogP contribution in [0.2, 0.25) is 0 Å². The summed E-state index contributed by atoms with van der Waals surface area (Å²) in [6.07, 6.45) is -3.47. The number of hydrogen-bond donors (Lipinski definition) is 1. The Labute approximate surface area is 108 Å². The lowest BCUT2D eigenvalue weighted by Gasteiger charge is -2.07. The number of rotatable bonds is 2. The molecule has 0 radical (unpaired) electrons. The Kier molecular flexibility index (Phi) is 2.67. The van der Waals surface area contributed by atoms with E-state index in [2.05, 4.69) is 0 Å². The first-order valence-corrected chi connectivity index (χ1v) is 5.98. The molecule has 0 saturated heterocycles. The van der Waals surface area contributed by atoms with Gasteiger partial charge in [-0.3, -0.25) is 0 Å². The summed E-state index contributed by atoms with van der Waals surface area (Å²) >= 11 is 0. The van der Waals surface area contributed by atoms with Crippen molar-refractivity contribution >= 4 is 0 Å². The Balaban J connectivity index is 1.91. The van der Waals surface area contributed by atoms with E-state index in [1.54, 1.807) is 18.2 Å². The summed E-state index contributed by atoms with van der Waals surface area (Å²) in [4.78, 5) is 0. The highest BCUT2D eigenvalue weighted by atomic mass is 19.4. The van der Waals surface area contributed by atoms with Crippen molar-refractivity contribution in [2.24, 2.45) is 5.73 Å². The molecular weight excluding hydrogens is 255 g/mol. The molecule has 2 atom stereocenters. The first-order valence-electron chi connectivity index (χ1n) is 5.98. The number of benzene rings is 1. The molecule has 1 aliphatic carbocycles. The third-order valence-electron chi connectivity index (χ3n) is 3.31. The van der Waals surface area contributed by atoms with Crippen molar-refractivity contribution in [3.05, 3.63) is 47.7 Å². The second-order valence-corrected chi connectivity index (χ2v) is 4.79. The van der Waals surface area contributed by atoms with E-state index < -0.39 is 11.7 Å². The standard InChI is InChI=1S/C14H12F3NO/c15-14(16,17)9-3-1-2-8(6-9)12-4-5-13(19-12)10-7-11(10)18/h1-6,10-11H,7,18H2/t10-,11-/m1/s1. The van der Waals surface area contributed by atoms with Crippen LogP contribution >= 0.6 is 0 Å². The highest BCUT2D eigenvalue weighted by Crippen LogP contribution is 2.41. The fraction of sp³-hybridized carbons (Fsp3) is 0.286. The first kappa shape index (κ1) is 12.3. The van der Waals surface area contributed by atoms with Crippen molar-refractivity contribution in [1.29, 1.82) is 0 Å². The van der Waals surface area contributed by atoms with Gasteiger partial charge in [-0.05, 0) is 30.7 Å². The molecule has 1 saturated carbocycles. The topological polar surface area (TPSA) is 39.2 Å². The predicted molar refractivity (Wildman–Crippen MR) is 64.5 cm³/mol. The average Bonchev–Trinajstić information content (AvgIpc) is 2.91. The van der Waals surface area contributed by atoms with Gasteiger partial charge in [0.05, 0.1) is 5.56 Å². The van der Waals surface area contributed by atoms with Crippen molar-refractivity contribution in [3.63, 3.8) is 0 Å². The summed E-state index contributed by atoms with van der Waals surface area (Å²) in [6, 6.07) is 8.71. The predicted octanol–water partition coefficient (Wildman–Crippen LogP) is 3.78. The van der Waals surface area contributed by atoms with E-state index in [0.29, 0.717) is 11.3 Å². The maximum Gasteiger partial charge on any atom is 0.416 e. The molecule has 1 heterocycles. The van der Waals surface area contributed by atoms with Crippen LogP contribution < -0.4 is 5.73 Å². The van der Waals surface area contributed by atoms with Gasteiger partial charge in [0.25, 0.3) is 0 Å². The van der Waals surface area contributed by atoms with Crippen LogP contribution in [-0.4, -0.2) is 6.04 Å². The van der Waals surface area contributed by atoms with Crippen molar-refractivity contribution in [3.8, 4) is 11.3 Å². The monoisotopic (exact) mass is 267 g/mol. The van der Waals surface area contributed by atoms with Gasteiger partial charge in [0, 0.05) is 17.5 Å². The Morgan fingerprint density at radius 3 is 2.53 bits per heavy atom. The normalized spacial score (nSPS) is 22.5. The van der Waals surface area contributed by atoms with E-state index >= 15 is 0 Å². The largest absolute Gasteiger partial charge is 0.461 e. The van der Waals surface area contributed by atoms with Crippen molar-refractivity contribution < 1.29 is 17.6 Å². The lowest BCUT2D eigenvalue weighted by atomic mass is 10.1. The lowest BCUT2D eigenvalue weighted by Crippen LogP contribution is -2.04. The smallest absolute Gasteiger partial charge is 0.416 e. The molecule has 0 amide bonds. The summed E-state index contributed by atoms with van der Waals surface area (Å²) in [6.45, 7) is 0. The highest BCUT2D eigenvalue weighted by molar-refractivity contribution is 5.59. The third kappa shape index (κ3) is 2.38. The fourth-order valence-corrected chi connectivity index (χ4v) is 2.10. The molecule has 1 fully saturated rings. The summed E-state index contributed by atoms with van der Waals surface area (Å²) in [5.74, 6) is 1.40. The van der Waals surface area contributed by atoms with Crippen LogP contribution in [0.3, 0.4) is 0 Å². The Bertz CT molecular complexity index is 603. The SMILES string of the molecule is N[C@@H]1C[C@H]1c1ccc(-c2cccc(C(F)(F)F)c2)o1. The molecule has 2 nitrogen and oxygen atoms in total. The zero-order chi connectivity index (χ0) is 13.6. The maximum absolute atomic E-state index is 12.6. The zero-order valence-electron chi connectivity index (χ0n) is 9.95. The van der Waals surface area contributed by atoms with Crippen LogP contribution in [0, 0.1) is 0 Å². The average molecular weight is 267 g/mol. The van der Waals surface area contributed by atoms with E-state index in [4.69, 9.17) is 10.2 Å². The Morgan fingerprint density at radius 2 is 1.89 bits per heavy atom. The highest BCUT2D eigenvalue weighted by Gasteiger charge is 2.37.